The summed E-state index contributed by atoms with van der Waals surface area (Å²) in [7, 11) is -2.07. The van der Waals surface area contributed by atoms with Crippen molar-refractivity contribution in [1.82, 2.24) is 9.62 Å². The molecule has 2 aliphatic rings. The zero-order chi connectivity index (χ0) is 23.8. The zero-order valence-corrected chi connectivity index (χ0v) is 20.2. The topological polar surface area (TPSA) is 86.8 Å². The monoisotopic (exact) mass is 469 g/mol. The van der Waals surface area contributed by atoms with Crippen molar-refractivity contribution in [3.8, 4) is 0 Å². The molecule has 0 aromatic heterocycles. The lowest BCUT2D eigenvalue weighted by Gasteiger charge is -2.20. The van der Waals surface area contributed by atoms with Gasteiger partial charge in [0.05, 0.1) is 10.3 Å². The molecule has 2 aliphatic heterocycles. The third-order valence-electron chi connectivity index (χ3n) is 6.71. The summed E-state index contributed by atoms with van der Waals surface area (Å²) in [6.45, 7) is 5.30. The molecule has 1 N–H and O–H groups in total. The Morgan fingerprint density at radius 1 is 1.00 bits per heavy atom. The van der Waals surface area contributed by atoms with Gasteiger partial charge in [-0.25, -0.2) is 13.1 Å². The number of hydrogen-bond donors (Lipinski definition) is 1. The standard InChI is InChI=1S/C25H31N3O4S/c1-25(2)21-16-20(12-13-22(21)27(3)24(25)30)33(31,32)26-17-18-8-10-19(11-9-18)23(29)28-14-6-4-5-7-15-28/h8-13,16,26H,4-7,14-15,17H2,1-3H3. The van der Waals surface area contributed by atoms with Crippen molar-refractivity contribution in [2.24, 2.45) is 0 Å². The van der Waals surface area contributed by atoms with Crippen LogP contribution in [0.15, 0.2) is 47.4 Å². The number of rotatable bonds is 5. The predicted molar refractivity (Wildman–Crippen MR) is 128 cm³/mol. The summed E-state index contributed by atoms with van der Waals surface area (Å²) in [5, 5.41) is 0. The molecule has 2 heterocycles. The summed E-state index contributed by atoms with van der Waals surface area (Å²) >= 11 is 0. The van der Waals surface area contributed by atoms with E-state index in [9.17, 15) is 18.0 Å². The minimum atomic E-state index is -3.77. The van der Waals surface area contributed by atoms with E-state index in [4.69, 9.17) is 0 Å². The molecule has 8 heteroatoms. The maximum atomic E-state index is 12.9. The van der Waals surface area contributed by atoms with Crippen LogP contribution in [0.5, 0.6) is 0 Å². The van der Waals surface area contributed by atoms with Gasteiger partial charge in [0.1, 0.15) is 0 Å². The molecule has 4 rings (SSSR count). The van der Waals surface area contributed by atoms with Crippen LogP contribution in [0.25, 0.3) is 0 Å². The second-order valence-corrected chi connectivity index (χ2v) is 11.2. The van der Waals surface area contributed by atoms with Gasteiger partial charge in [0.2, 0.25) is 15.9 Å². The van der Waals surface area contributed by atoms with Gasteiger partial charge in [0.15, 0.2) is 0 Å². The molecule has 2 amide bonds. The molecule has 7 nitrogen and oxygen atoms in total. The second-order valence-electron chi connectivity index (χ2n) is 9.40. The molecule has 0 saturated carbocycles. The van der Waals surface area contributed by atoms with E-state index in [1.807, 2.05) is 4.90 Å². The van der Waals surface area contributed by atoms with E-state index in [0.29, 0.717) is 11.1 Å². The Balaban J connectivity index is 1.44. The number of likely N-dealkylation sites (N-methyl/N-ethyl adjacent to an activating group) is 1. The lowest BCUT2D eigenvalue weighted by atomic mass is 9.86. The first-order chi connectivity index (χ1) is 15.6. The maximum absolute atomic E-state index is 12.9. The molecule has 0 atom stereocenters. The molecule has 0 bridgehead atoms. The van der Waals surface area contributed by atoms with Gasteiger partial charge in [-0.2, -0.15) is 0 Å². The Hall–Kier alpha value is -2.71. The molecule has 33 heavy (non-hydrogen) atoms. The molecule has 0 unspecified atom stereocenters. The number of likely N-dealkylation sites (tertiary alicyclic amines) is 1. The summed E-state index contributed by atoms with van der Waals surface area (Å²) in [4.78, 5) is 28.8. The van der Waals surface area contributed by atoms with Gasteiger partial charge in [0.25, 0.3) is 5.91 Å². The largest absolute Gasteiger partial charge is 0.339 e. The van der Waals surface area contributed by atoms with Crippen LogP contribution in [-0.2, 0) is 26.8 Å². The lowest BCUT2D eigenvalue weighted by molar-refractivity contribution is -0.121. The smallest absolute Gasteiger partial charge is 0.253 e. The van der Waals surface area contributed by atoms with E-state index in [1.54, 1.807) is 62.2 Å². The minimum absolute atomic E-state index is 0.0318. The number of fused-ring (bicyclic) bond motifs is 1. The van der Waals surface area contributed by atoms with Crippen LogP contribution in [0, 0.1) is 0 Å². The Morgan fingerprint density at radius 3 is 2.27 bits per heavy atom. The first-order valence-electron chi connectivity index (χ1n) is 11.4. The van der Waals surface area contributed by atoms with Crippen molar-refractivity contribution in [1.29, 1.82) is 0 Å². The minimum Gasteiger partial charge on any atom is -0.339 e. The summed E-state index contributed by atoms with van der Waals surface area (Å²) in [5.74, 6) is -0.0286. The molecule has 176 valence electrons. The van der Waals surface area contributed by atoms with E-state index in [0.717, 1.165) is 50.0 Å². The van der Waals surface area contributed by atoms with Gasteiger partial charge < -0.3 is 9.80 Å². The van der Waals surface area contributed by atoms with Gasteiger partial charge in [-0.05, 0) is 68.1 Å². The number of carbonyl (C=O) groups excluding carboxylic acids is 2. The lowest BCUT2D eigenvalue weighted by Crippen LogP contribution is -2.33. The highest BCUT2D eigenvalue weighted by atomic mass is 32.2. The molecule has 1 saturated heterocycles. The first-order valence-corrected chi connectivity index (χ1v) is 12.9. The fraction of sp³-hybridized carbons (Fsp3) is 0.440. The number of carbonyl (C=O) groups is 2. The fourth-order valence-corrected chi connectivity index (χ4v) is 5.65. The van der Waals surface area contributed by atoms with E-state index in [2.05, 4.69) is 4.72 Å². The SMILES string of the molecule is CN1C(=O)C(C)(C)c2cc(S(=O)(=O)NCc3ccc(C(=O)N4CCCCCC4)cc3)ccc21. The van der Waals surface area contributed by atoms with Crippen molar-refractivity contribution in [2.75, 3.05) is 25.0 Å². The van der Waals surface area contributed by atoms with Crippen molar-refractivity contribution in [2.45, 2.75) is 56.4 Å². The molecule has 2 aromatic rings. The van der Waals surface area contributed by atoms with Crippen molar-refractivity contribution < 1.29 is 18.0 Å². The Kier molecular flexibility index (Phi) is 6.33. The van der Waals surface area contributed by atoms with Gasteiger partial charge in [-0.15, -0.1) is 0 Å². The van der Waals surface area contributed by atoms with Crippen molar-refractivity contribution >= 4 is 27.5 Å². The summed E-state index contributed by atoms with van der Waals surface area (Å²) < 4.78 is 28.5. The molecule has 0 spiro atoms. The van der Waals surface area contributed by atoms with Gasteiger partial charge in [-0.1, -0.05) is 25.0 Å². The average molecular weight is 470 g/mol. The number of hydrogen-bond acceptors (Lipinski definition) is 4. The summed E-state index contributed by atoms with van der Waals surface area (Å²) in [6, 6.07) is 11.9. The van der Waals surface area contributed by atoms with Crippen molar-refractivity contribution in [3.05, 3.63) is 59.2 Å². The molecule has 0 aliphatic carbocycles. The fourth-order valence-electron chi connectivity index (χ4n) is 4.60. The van der Waals surface area contributed by atoms with E-state index in [1.165, 1.54) is 6.07 Å². The highest BCUT2D eigenvalue weighted by Gasteiger charge is 2.42. The van der Waals surface area contributed by atoms with E-state index >= 15 is 0 Å². The highest BCUT2D eigenvalue weighted by molar-refractivity contribution is 7.89. The number of nitrogens with one attached hydrogen (secondary N) is 1. The van der Waals surface area contributed by atoms with E-state index in [-0.39, 0.29) is 23.3 Å². The third kappa shape index (κ3) is 4.54. The quantitative estimate of drug-likeness (QED) is 0.727. The number of nitrogens with zero attached hydrogens (tertiary/aromatic N) is 2. The average Bonchev–Trinajstić information content (AvgIpc) is 3.02. The van der Waals surface area contributed by atoms with Crippen LogP contribution >= 0.6 is 0 Å². The molecular weight excluding hydrogens is 438 g/mol. The van der Waals surface area contributed by atoms with Crippen LogP contribution in [-0.4, -0.2) is 45.3 Å². The molecule has 1 fully saturated rings. The molecular formula is C25H31N3O4S. The van der Waals surface area contributed by atoms with Crippen LogP contribution in [0.4, 0.5) is 5.69 Å². The highest BCUT2D eigenvalue weighted by Crippen LogP contribution is 2.41. The van der Waals surface area contributed by atoms with Crippen LogP contribution in [0.2, 0.25) is 0 Å². The van der Waals surface area contributed by atoms with E-state index < -0.39 is 15.4 Å². The number of sulfonamides is 1. The predicted octanol–water partition coefficient (Wildman–Crippen LogP) is 3.44. The first kappa shape index (κ1) is 23.4. The molecule has 0 radical (unpaired) electrons. The Morgan fingerprint density at radius 2 is 1.64 bits per heavy atom. The van der Waals surface area contributed by atoms with Crippen LogP contribution in [0.1, 0.15) is 61.0 Å². The van der Waals surface area contributed by atoms with Gasteiger partial charge in [-0.3, -0.25) is 9.59 Å². The zero-order valence-electron chi connectivity index (χ0n) is 19.4. The summed E-state index contributed by atoms with van der Waals surface area (Å²) in [5.41, 5.74) is 2.05. The van der Waals surface area contributed by atoms with Gasteiger partial charge >= 0.3 is 0 Å². The number of amides is 2. The van der Waals surface area contributed by atoms with Gasteiger partial charge in [0, 0.05) is 37.9 Å². The van der Waals surface area contributed by atoms with Crippen LogP contribution in [0.3, 0.4) is 0 Å². The molecule has 2 aromatic carbocycles. The Bertz CT molecular complexity index is 1160. The maximum Gasteiger partial charge on any atom is 0.253 e. The second kappa shape index (κ2) is 8.91. The number of benzene rings is 2. The van der Waals surface area contributed by atoms with Crippen LogP contribution < -0.4 is 9.62 Å². The van der Waals surface area contributed by atoms with Crippen molar-refractivity contribution in [3.63, 3.8) is 0 Å². The Labute approximate surface area is 195 Å². The third-order valence-corrected chi connectivity index (χ3v) is 8.11. The normalized spacial score (nSPS) is 18.2. The number of anilines is 1. The summed E-state index contributed by atoms with van der Waals surface area (Å²) in [6.07, 6.45) is 4.40.